The first-order valence-electron chi connectivity index (χ1n) is 12.7. The number of piperidine rings is 1. The van der Waals surface area contributed by atoms with Crippen molar-refractivity contribution < 1.29 is 4.79 Å². The molecule has 6 nitrogen and oxygen atoms in total. The Kier molecular flexibility index (Phi) is 7.53. The fraction of sp³-hybridized carbons (Fsp3) is 0.267. The molecule has 0 bridgehead atoms. The van der Waals surface area contributed by atoms with Crippen molar-refractivity contribution >= 4 is 44.7 Å². The molecule has 5 aromatic rings. The lowest BCUT2D eigenvalue weighted by Gasteiger charge is -2.28. The largest absolute Gasteiger partial charge is 0.378 e. The standard InChI is InChI=1S/C21H21N3S.C9H12N2O/c1-23-11-6-8-16(14-23)21-22-20(17-9-4-5-12-24(17)21)19-13-15-7-2-3-10-18(15)25-19;1-11(2)9-5-3-8(4-6-9)10-7-12/h2-5,7,9-10,12-13,16H,6,8,11,14H2,1H3;3-7H,1-2H3,(H,10,12). The van der Waals surface area contributed by atoms with E-state index in [-0.39, 0.29) is 0 Å². The summed E-state index contributed by atoms with van der Waals surface area (Å²) in [5.41, 5.74) is 4.28. The van der Waals surface area contributed by atoms with E-state index in [4.69, 9.17) is 4.98 Å². The van der Waals surface area contributed by atoms with Crippen molar-refractivity contribution in [3.8, 4) is 10.6 Å². The SMILES string of the molecule is CN(C)c1ccc(NC=O)cc1.CN1CCCC(c2nc(-c3cc4ccccc4s3)c3ccccn23)C1. The molecule has 1 atom stereocenters. The number of likely N-dealkylation sites (tertiary alicyclic amines) is 1. The molecular weight excluding hydrogens is 478 g/mol. The van der Waals surface area contributed by atoms with Crippen molar-refractivity contribution in [3.63, 3.8) is 0 Å². The topological polar surface area (TPSA) is 52.9 Å². The van der Waals surface area contributed by atoms with Gasteiger partial charge in [-0.2, -0.15) is 0 Å². The van der Waals surface area contributed by atoms with E-state index in [2.05, 4.69) is 76.4 Å². The minimum Gasteiger partial charge on any atom is -0.378 e. The molecule has 2 aromatic carbocycles. The van der Waals surface area contributed by atoms with E-state index < -0.39 is 0 Å². The zero-order chi connectivity index (χ0) is 25.8. The van der Waals surface area contributed by atoms with Crippen molar-refractivity contribution in [2.45, 2.75) is 18.8 Å². The second-order valence-corrected chi connectivity index (χ2v) is 10.8. The molecule has 4 heterocycles. The van der Waals surface area contributed by atoms with Crippen LogP contribution in [0.5, 0.6) is 0 Å². The average molecular weight is 512 g/mol. The monoisotopic (exact) mass is 511 g/mol. The first-order chi connectivity index (χ1) is 18.0. The summed E-state index contributed by atoms with van der Waals surface area (Å²) in [5.74, 6) is 1.73. The summed E-state index contributed by atoms with van der Waals surface area (Å²) in [4.78, 5) is 20.9. The summed E-state index contributed by atoms with van der Waals surface area (Å²) < 4.78 is 3.64. The van der Waals surface area contributed by atoms with Gasteiger partial charge in [-0.3, -0.25) is 4.79 Å². The van der Waals surface area contributed by atoms with Gasteiger partial charge >= 0.3 is 0 Å². The zero-order valence-corrected chi connectivity index (χ0v) is 22.4. The van der Waals surface area contributed by atoms with E-state index in [1.807, 2.05) is 54.6 Å². The minimum absolute atomic E-state index is 0.511. The molecule has 1 fully saturated rings. The lowest BCUT2D eigenvalue weighted by molar-refractivity contribution is -0.105. The Hall–Kier alpha value is -3.68. The third-order valence-corrected chi connectivity index (χ3v) is 7.96. The highest BCUT2D eigenvalue weighted by molar-refractivity contribution is 7.22. The molecule has 1 amide bonds. The maximum atomic E-state index is 10.1. The number of aromatic nitrogens is 2. The molecule has 37 heavy (non-hydrogen) atoms. The molecule has 0 radical (unpaired) electrons. The molecule has 1 aliphatic rings. The maximum absolute atomic E-state index is 10.1. The van der Waals surface area contributed by atoms with Gasteiger partial charge in [0, 0.05) is 48.8 Å². The highest BCUT2D eigenvalue weighted by atomic mass is 32.1. The van der Waals surface area contributed by atoms with Crippen LogP contribution in [0, 0.1) is 0 Å². The number of likely N-dealkylation sites (N-methyl/N-ethyl adjacent to an activating group) is 1. The number of amides is 1. The van der Waals surface area contributed by atoms with Crippen LogP contribution >= 0.6 is 11.3 Å². The molecule has 3 aromatic heterocycles. The number of pyridine rings is 1. The summed E-state index contributed by atoms with van der Waals surface area (Å²) in [6.45, 7) is 2.29. The molecule has 6 rings (SSSR count). The number of rotatable bonds is 5. The van der Waals surface area contributed by atoms with Gasteiger partial charge in [-0.1, -0.05) is 24.3 Å². The van der Waals surface area contributed by atoms with E-state index in [1.165, 1.54) is 45.7 Å². The van der Waals surface area contributed by atoms with Crippen molar-refractivity contribution in [1.29, 1.82) is 0 Å². The van der Waals surface area contributed by atoms with E-state index in [0.717, 1.165) is 23.6 Å². The molecule has 1 saturated heterocycles. The number of hydrogen-bond donors (Lipinski definition) is 1. The fourth-order valence-corrected chi connectivity index (χ4v) is 5.99. The Morgan fingerprint density at radius 1 is 1.05 bits per heavy atom. The Balaban J connectivity index is 0.000000198. The van der Waals surface area contributed by atoms with Crippen LogP contribution in [-0.4, -0.2) is 54.9 Å². The summed E-state index contributed by atoms with van der Waals surface area (Å²) >= 11 is 1.84. The number of carbonyl (C=O) groups excluding carboxylic acids is 1. The van der Waals surface area contributed by atoms with Crippen molar-refractivity contribution in [2.75, 3.05) is 44.4 Å². The van der Waals surface area contributed by atoms with E-state index in [1.54, 1.807) is 0 Å². The predicted octanol–water partition coefficient (Wildman–Crippen LogP) is 6.35. The van der Waals surface area contributed by atoms with Crippen LogP contribution in [0.2, 0.25) is 0 Å². The summed E-state index contributed by atoms with van der Waals surface area (Å²) in [6, 6.07) is 24.9. The van der Waals surface area contributed by atoms with Crippen LogP contribution in [0.1, 0.15) is 24.6 Å². The van der Waals surface area contributed by atoms with Crippen LogP contribution in [-0.2, 0) is 4.79 Å². The minimum atomic E-state index is 0.511. The number of hydrogen-bond acceptors (Lipinski definition) is 5. The first-order valence-corrected chi connectivity index (χ1v) is 13.5. The van der Waals surface area contributed by atoms with Crippen LogP contribution in [0.4, 0.5) is 11.4 Å². The average Bonchev–Trinajstić information content (AvgIpc) is 3.51. The van der Waals surface area contributed by atoms with Gasteiger partial charge in [-0.15, -0.1) is 11.3 Å². The van der Waals surface area contributed by atoms with Gasteiger partial charge in [-0.25, -0.2) is 4.98 Å². The van der Waals surface area contributed by atoms with E-state index in [0.29, 0.717) is 12.3 Å². The number of carbonyl (C=O) groups is 1. The van der Waals surface area contributed by atoms with Gasteiger partial charge in [0.25, 0.3) is 0 Å². The number of benzene rings is 2. The van der Waals surface area contributed by atoms with Crippen molar-refractivity contribution in [1.82, 2.24) is 14.3 Å². The molecule has 190 valence electrons. The Bertz CT molecular complexity index is 1450. The molecule has 1 aliphatic heterocycles. The van der Waals surface area contributed by atoms with Crippen LogP contribution < -0.4 is 10.2 Å². The second kappa shape index (κ2) is 11.2. The number of nitrogens with one attached hydrogen (secondary N) is 1. The van der Waals surface area contributed by atoms with Gasteiger partial charge < -0.3 is 19.5 Å². The summed E-state index contributed by atoms with van der Waals surface area (Å²) in [7, 11) is 6.17. The van der Waals surface area contributed by atoms with Gasteiger partial charge in [0.2, 0.25) is 6.41 Å². The molecule has 0 saturated carbocycles. The number of nitrogens with zero attached hydrogens (tertiary/aromatic N) is 4. The quantitative estimate of drug-likeness (QED) is 0.280. The highest BCUT2D eigenvalue weighted by Crippen LogP contribution is 2.37. The predicted molar refractivity (Wildman–Crippen MR) is 156 cm³/mol. The molecule has 1 unspecified atom stereocenters. The molecule has 0 spiro atoms. The Morgan fingerprint density at radius 2 is 1.84 bits per heavy atom. The number of imidazole rings is 1. The van der Waals surface area contributed by atoms with Gasteiger partial charge in [0.1, 0.15) is 11.5 Å². The van der Waals surface area contributed by atoms with Crippen LogP contribution in [0.25, 0.3) is 26.2 Å². The summed E-state index contributed by atoms with van der Waals surface area (Å²) in [5, 5.41) is 3.88. The molecular formula is C30H33N5OS. The van der Waals surface area contributed by atoms with Crippen molar-refractivity contribution in [2.24, 2.45) is 0 Å². The smallest absolute Gasteiger partial charge is 0.211 e. The Labute approximate surface area is 222 Å². The van der Waals surface area contributed by atoms with E-state index in [9.17, 15) is 4.79 Å². The number of anilines is 2. The van der Waals surface area contributed by atoms with Gasteiger partial charge in [-0.05, 0) is 80.4 Å². The lowest BCUT2D eigenvalue weighted by atomic mass is 9.98. The normalized spacial score (nSPS) is 15.8. The summed E-state index contributed by atoms with van der Waals surface area (Å²) in [6.07, 6.45) is 5.32. The number of thiophene rings is 1. The maximum Gasteiger partial charge on any atom is 0.211 e. The third kappa shape index (κ3) is 5.53. The highest BCUT2D eigenvalue weighted by Gasteiger charge is 2.25. The van der Waals surface area contributed by atoms with Crippen LogP contribution in [0.3, 0.4) is 0 Å². The molecule has 7 heteroatoms. The van der Waals surface area contributed by atoms with Gasteiger partial charge in [0.15, 0.2) is 0 Å². The van der Waals surface area contributed by atoms with E-state index >= 15 is 0 Å². The molecule has 0 aliphatic carbocycles. The van der Waals surface area contributed by atoms with Crippen LogP contribution in [0.15, 0.2) is 79.0 Å². The number of fused-ring (bicyclic) bond motifs is 2. The van der Waals surface area contributed by atoms with Crippen molar-refractivity contribution in [3.05, 3.63) is 84.8 Å². The second-order valence-electron chi connectivity index (χ2n) is 9.73. The first kappa shape index (κ1) is 25.0. The fourth-order valence-electron chi connectivity index (χ4n) is 4.93. The Morgan fingerprint density at radius 3 is 2.57 bits per heavy atom. The third-order valence-electron chi connectivity index (χ3n) is 6.83. The zero-order valence-electron chi connectivity index (χ0n) is 21.6. The lowest BCUT2D eigenvalue weighted by Crippen LogP contribution is -2.31. The van der Waals surface area contributed by atoms with Gasteiger partial charge in [0.05, 0.1) is 10.4 Å². The molecule has 1 N–H and O–H groups in total.